The molecule has 1 atom stereocenters. The fourth-order valence-corrected chi connectivity index (χ4v) is 2.71. The first kappa shape index (κ1) is 19.4. The summed E-state index contributed by atoms with van der Waals surface area (Å²) < 4.78 is 2.15. The van der Waals surface area contributed by atoms with Crippen molar-refractivity contribution in [3.63, 3.8) is 0 Å². The lowest BCUT2D eigenvalue weighted by molar-refractivity contribution is -0.139. The highest BCUT2D eigenvalue weighted by Gasteiger charge is 2.15. The molecular weight excluding hydrogens is 328 g/mol. The lowest BCUT2D eigenvalue weighted by Gasteiger charge is -2.12. The normalized spacial score (nSPS) is 12.2. The molecule has 0 fully saturated rings. The minimum absolute atomic E-state index is 0.0507. The fraction of sp³-hybridized carbons (Fsp3) is 0.350. The van der Waals surface area contributed by atoms with Gasteiger partial charge in [0.05, 0.1) is 6.21 Å². The van der Waals surface area contributed by atoms with Gasteiger partial charge in [-0.15, -0.1) is 0 Å². The number of aryl methyl sites for hydroxylation is 2. The molecule has 0 saturated carbocycles. The molecule has 1 aromatic heterocycles. The first-order chi connectivity index (χ1) is 12.3. The molecule has 0 bridgehead atoms. The van der Waals surface area contributed by atoms with E-state index in [1.807, 2.05) is 45.9 Å². The highest BCUT2D eigenvalue weighted by atomic mass is 16.2. The van der Waals surface area contributed by atoms with Crippen molar-refractivity contribution in [2.45, 2.75) is 47.1 Å². The van der Waals surface area contributed by atoms with E-state index in [4.69, 9.17) is 0 Å². The molecule has 6 nitrogen and oxygen atoms in total. The van der Waals surface area contributed by atoms with Gasteiger partial charge in [0.2, 0.25) is 0 Å². The van der Waals surface area contributed by atoms with Gasteiger partial charge in [0.1, 0.15) is 0 Å². The Kier molecular flexibility index (Phi) is 6.33. The summed E-state index contributed by atoms with van der Waals surface area (Å²) in [6.45, 7) is 9.87. The Morgan fingerprint density at radius 1 is 1.19 bits per heavy atom. The van der Waals surface area contributed by atoms with E-state index < -0.39 is 11.8 Å². The van der Waals surface area contributed by atoms with Crippen molar-refractivity contribution in [3.05, 3.63) is 52.8 Å². The Morgan fingerprint density at radius 2 is 1.88 bits per heavy atom. The smallest absolute Gasteiger partial charge is 0.329 e. The van der Waals surface area contributed by atoms with Crippen molar-refractivity contribution in [1.29, 1.82) is 0 Å². The number of benzene rings is 1. The molecule has 2 N–H and O–H groups in total. The number of rotatable bonds is 5. The molecule has 138 valence electrons. The molecule has 26 heavy (non-hydrogen) atoms. The van der Waals surface area contributed by atoms with Gasteiger partial charge >= 0.3 is 11.8 Å². The zero-order valence-electron chi connectivity index (χ0n) is 16.0. The maximum absolute atomic E-state index is 11.8. The van der Waals surface area contributed by atoms with Crippen LogP contribution in [-0.2, 0) is 9.59 Å². The number of nitrogens with zero attached hydrogens (tertiary/aromatic N) is 2. The molecule has 6 heteroatoms. The Morgan fingerprint density at radius 3 is 2.54 bits per heavy atom. The Bertz CT molecular complexity index is 836. The van der Waals surface area contributed by atoms with Gasteiger partial charge in [-0.3, -0.25) is 9.59 Å². The molecule has 0 unspecified atom stereocenters. The van der Waals surface area contributed by atoms with Crippen molar-refractivity contribution in [1.82, 2.24) is 15.3 Å². The maximum atomic E-state index is 11.8. The van der Waals surface area contributed by atoms with Gasteiger partial charge in [-0.05, 0) is 51.8 Å². The Balaban J connectivity index is 2.13. The van der Waals surface area contributed by atoms with Crippen LogP contribution in [0.2, 0.25) is 0 Å². The van der Waals surface area contributed by atoms with E-state index in [1.54, 1.807) is 6.21 Å². The number of carbonyl (C=O) groups excluding carboxylic acids is 2. The van der Waals surface area contributed by atoms with Crippen molar-refractivity contribution in [3.8, 4) is 5.69 Å². The number of nitrogens with one attached hydrogen (secondary N) is 2. The van der Waals surface area contributed by atoms with Crippen LogP contribution in [0.1, 0.15) is 42.8 Å². The summed E-state index contributed by atoms with van der Waals surface area (Å²) in [6.07, 6.45) is 2.32. The first-order valence-corrected chi connectivity index (χ1v) is 8.74. The summed E-state index contributed by atoms with van der Waals surface area (Å²) in [7, 11) is 0. The second-order valence-corrected chi connectivity index (χ2v) is 6.43. The topological polar surface area (TPSA) is 75.5 Å². The molecule has 0 radical (unpaired) electrons. The summed E-state index contributed by atoms with van der Waals surface area (Å²) >= 11 is 0. The van der Waals surface area contributed by atoms with Crippen LogP contribution in [0.25, 0.3) is 5.69 Å². The molecule has 0 aliphatic carbocycles. The predicted octanol–water partition coefficient (Wildman–Crippen LogP) is 2.77. The van der Waals surface area contributed by atoms with Gasteiger partial charge in [0.25, 0.3) is 0 Å². The molecule has 1 aromatic carbocycles. The van der Waals surface area contributed by atoms with Crippen LogP contribution >= 0.6 is 0 Å². The molecule has 1 heterocycles. The standard InChI is InChI=1S/C20H26N4O2/c1-6-14(3)22-19(25)20(26)23-21-12-17-11-15(4)24(16(17)5)18-10-8-7-9-13(18)2/h7-12,14H,6H2,1-5H3,(H,22,25)(H,23,26)/b21-12-/t14-/m1/s1. The third-order valence-corrected chi connectivity index (χ3v) is 4.39. The van der Waals surface area contributed by atoms with Crippen LogP contribution in [0.4, 0.5) is 0 Å². The second kappa shape index (κ2) is 8.47. The average molecular weight is 354 g/mol. The van der Waals surface area contributed by atoms with Crippen molar-refractivity contribution < 1.29 is 9.59 Å². The molecule has 0 aliphatic rings. The number of aromatic nitrogens is 1. The van der Waals surface area contributed by atoms with Crippen LogP contribution in [0.15, 0.2) is 35.4 Å². The third-order valence-electron chi connectivity index (χ3n) is 4.39. The van der Waals surface area contributed by atoms with Gasteiger partial charge in [0.15, 0.2) is 0 Å². The van der Waals surface area contributed by atoms with Gasteiger partial charge in [-0.2, -0.15) is 5.10 Å². The summed E-state index contributed by atoms with van der Waals surface area (Å²) in [5.41, 5.74) is 7.53. The van der Waals surface area contributed by atoms with E-state index in [-0.39, 0.29) is 6.04 Å². The van der Waals surface area contributed by atoms with E-state index in [0.29, 0.717) is 0 Å². The Hall–Kier alpha value is -2.89. The monoisotopic (exact) mass is 354 g/mol. The van der Waals surface area contributed by atoms with Gasteiger partial charge in [-0.25, -0.2) is 5.43 Å². The van der Waals surface area contributed by atoms with Crippen molar-refractivity contribution >= 4 is 18.0 Å². The van der Waals surface area contributed by atoms with E-state index in [9.17, 15) is 9.59 Å². The molecule has 0 saturated heterocycles. The van der Waals surface area contributed by atoms with Gasteiger partial charge in [-0.1, -0.05) is 25.1 Å². The van der Waals surface area contributed by atoms with Crippen LogP contribution in [0, 0.1) is 20.8 Å². The highest BCUT2D eigenvalue weighted by Crippen LogP contribution is 2.22. The molecular formula is C20H26N4O2. The fourth-order valence-electron chi connectivity index (χ4n) is 2.71. The quantitative estimate of drug-likeness (QED) is 0.492. The molecule has 2 rings (SSSR count). The molecule has 0 aliphatic heterocycles. The zero-order chi connectivity index (χ0) is 19.3. The largest absolute Gasteiger partial charge is 0.345 e. The SMILES string of the molecule is CC[C@@H](C)NC(=O)C(=O)N/N=C\c1cc(C)n(-c2ccccc2C)c1C. The molecule has 2 aromatic rings. The summed E-state index contributed by atoms with van der Waals surface area (Å²) in [5, 5.41) is 6.53. The summed E-state index contributed by atoms with van der Waals surface area (Å²) in [4.78, 5) is 23.5. The van der Waals surface area contributed by atoms with E-state index in [0.717, 1.165) is 29.1 Å². The zero-order valence-corrected chi connectivity index (χ0v) is 16.0. The second-order valence-electron chi connectivity index (χ2n) is 6.43. The van der Waals surface area contributed by atoms with E-state index in [2.05, 4.69) is 39.5 Å². The number of para-hydroxylation sites is 1. The number of hydrogen-bond donors (Lipinski definition) is 2. The summed E-state index contributed by atoms with van der Waals surface area (Å²) in [5.74, 6) is -1.45. The number of hydrazone groups is 1. The van der Waals surface area contributed by atoms with Crippen molar-refractivity contribution in [2.24, 2.45) is 5.10 Å². The minimum Gasteiger partial charge on any atom is -0.345 e. The summed E-state index contributed by atoms with van der Waals surface area (Å²) in [6, 6.07) is 10.1. The van der Waals surface area contributed by atoms with Crippen molar-refractivity contribution in [2.75, 3.05) is 0 Å². The molecule has 0 spiro atoms. The number of hydrogen-bond acceptors (Lipinski definition) is 3. The number of carbonyl (C=O) groups is 2. The number of amides is 2. The van der Waals surface area contributed by atoms with Gasteiger partial charge < -0.3 is 9.88 Å². The lowest BCUT2D eigenvalue weighted by atomic mass is 10.2. The van der Waals surface area contributed by atoms with Crippen LogP contribution in [0.5, 0.6) is 0 Å². The predicted molar refractivity (Wildman–Crippen MR) is 104 cm³/mol. The minimum atomic E-state index is -0.769. The van der Waals surface area contributed by atoms with Gasteiger partial charge in [0, 0.05) is 28.7 Å². The van der Waals surface area contributed by atoms with Crippen LogP contribution < -0.4 is 10.7 Å². The highest BCUT2D eigenvalue weighted by molar-refractivity contribution is 6.35. The molecule has 2 amide bonds. The van der Waals surface area contributed by atoms with E-state index >= 15 is 0 Å². The third kappa shape index (κ3) is 4.39. The average Bonchev–Trinajstić information content (AvgIpc) is 2.89. The van der Waals surface area contributed by atoms with Crippen LogP contribution in [0.3, 0.4) is 0 Å². The van der Waals surface area contributed by atoms with E-state index in [1.165, 1.54) is 5.56 Å². The van der Waals surface area contributed by atoms with Crippen LogP contribution in [-0.4, -0.2) is 28.6 Å². The Labute approximate surface area is 154 Å². The maximum Gasteiger partial charge on any atom is 0.329 e. The lowest BCUT2D eigenvalue weighted by Crippen LogP contribution is -2.41. The first-order valence-electron chi connectivity index (χ1n) is 8.74.